The Bertz CT molecular complexity index is 756. The zero-order valence-corrected chi connectivity index (χ0v) is 26.5. The molecular weight excluding hydrogens is 532 g/mol. The fraction of sp³-hybridized carbons (Fsp3) is 0.714. The van der Waals surface area contributed by atoms with E-state index in [1.54, 1.807) is 0 Å². The lowest BCUT2D eigenvalue weighted by Gasteiger charge is -2.17. The van der Waals surface area contributed by atoms with Gasteiger partial charge in [0.15, 0.2) is 6.10 Å². The molecule has 0 saturated heterocycles. The molecule has 3 N–H and O–H groups in total. The van der Waals surface area contributed by atoms with Gasteiger partial charge in [0, 0.05) is 12.8 Å². The van der Waals surface area contributed by atoms with Gasteiger partial charge in [-0.05, 0) is 51.4 Å². The van der Waals surface area contributed by atoms with Crippen LogP contribution in [0.4, 0.5) is 0 Å². The average Bonchev–Trinajstić information content (AvgIpc) is 2.98. The van der Waals surface area contributed by atoms with Gasteiger partial charge in [0.2, 0.25) is 0 Å². The van der Waals surface area contributed by atoms with E-state index in [1.807, 2.05) is 12.2 Å². The summed E-state index contributed by atoms with van der Waals surface area (Å²) in [6.07, 6.45) is 29.3. The van der Waals surface area contributed by atoms with Gasteiger partial charge in [0.25, 0.3) is 0 Å². The Balaban J connectivity index is 3.91. The van der Waals surface area contributed by atoms with Crippen molar-refractivity contribution in [3.63, 3.8) is 0 Å². The van der Waals surface area contributed by atoms with Gasteiger partial charge >= 0.3 is 11.9 Å². The summed E-state index contributed by atoms with van der Waals surface area (Å²) in [5.41, 5.74) is 0. The van der Waals surface area contributed by atoms with Crippen molar-refractivity contribution in [2.24, 2.45) is 0 Å². The quantitative estimate of drug-likeness (QED) is 0.0491. The molecule has 0 fully saturated rings. The van der Waals surface area contributed by atoms with Crippen molar-refractivity contribution in [2.75, 3.05) is 13.2 Å². The second-order valence-corrected chi connectivity index (χ2v) is 10.8. The molecule has 3 atom stereocenters. The van der Waals surface area contributed by atoms with Crippen LogP contribution in [-0.4, -0.2) is 58.8 Å². The molecule has 7 nitrogen and oxygen atoms in total. The monoisotopic (exact) mass is 592 g/mol. The molecule has 242 valence electrons. The highest BCUT2D eigenvalue weighted by molar-refractivity contribution is 5.70. The molecule has 0 saturated carbocycles. The van der Waals surface area contributed by atoms with Gasteiger partial charge in [-0.25, -0.2) is 0 Å². The molecular formula is C35H60O7. The summed E-state index contributed by atoms with van der Waals surface area (Å²) in [4.78, 5) is 24.1. The molecule has 0 aromatic rings. The van der Waals surface area contributed by atoms with Crippen LogP contribution in [0.5, 0.6) is 0 Å². The first-order valence-corrected chi connectivity index (χ1v) is 16.4. The predicted molar refractivity (Wildman–Crippen MR) is 171 cm³/mol. The van der Waals surface area contributed by atoms with E-state index in [-0.39, 0.29) is 19.4 Å². The minimum atomic E-state index is -0.933. The van der Waals surface area contributed by atoms with Crippen LogP contribution < -0.4 is 0 Å². The van der Waals surface area contributed by atoms with Gasteiger partial charge in [-0.2, -0.15) is 0 Å². The summed E-state index contributed by atoms with van der Waals surface area (Å²) in [7, 11) is 0. The lowest BCUT2D eigenvalue weighted by atomic mass is 10.0. The fourth-order valence-electron chi connectivity index (χ4n) is 4.23. The zero-order chi connectivity index (χ0) is 31.1. The fourth-order valence-corrected chi connectivity index (χ4v) is 4.23. The second-order valence-electron chi connectivity index (χ2n) is 10.8. The first-order valence-electron chi connectivity index (χ1n) is 16.4. The van der Waals surface area contributed by atoms with Crippen molar-refractivity contribution in [3.05, 3.63) is 48.6 Å². The summed E-state index contributed by atoms with van der Waals surface area (Å²) >= 11 is 0. The van der Waals surface area contributed by atoms with Crippen molar-refractivity contribution in [1.29, 1.82) is 0 Å². The van der Waals surface area contributed by atoms with Crippen LogP contribution in [0.15, 0.2) is 48.6 Å². The first kappa shape index (κ1) is 39.8. The van der Waals surface area contributed by atoms with E-state index < -0.39 is 36.9 Å². The highest BCUT2D eigenvalue weighted by Gasteiger charge is 2.18. The number of hydrogen-bond donors (Lipinski definition) is 3. The number of carbonyl (C=O) groups excluding carboxylic acids is 2. The SMILES string of the molecule is CC/C=C\C/C=C\C/C=C\C/C=C\C[C@H](O)[C@@H](O)CCCC(=O)OC[C@H](CO)OC(=O)CCCCCCCCCCC. The maximum absolute atomic E-state index is 12.0. The molecule has 0 rings (SSSR count). The molecule has 0 aliphatic rings. The number of rotatable bonds is 28. The molecule has 0 aromatic carbocycles. The Morgan fingerprint density at radius 3 is 1.74 bits per heavy atom. The van der Waals surface area contributed by atoms with Gasteiger partial charge in [-0.3, -0.25) is 9.59 Å². The normalized spacial score (nSPS) is 14.3. The first-order chi connectivity index (χ1) is 20.4. The molecule has 0 bridgehead atoms. The smallest absolute Gasteiger partial charge is 0.306 e. The van der Waals surface area contributed by atoms with Crippen molar-refractivity contribution in [1.82, 2.24) is 0 Å². The largest absolute Gasteiger partial charge is 0.462 e. The molecule has 0 aromatic heterocycles. The Kier molecular flexibility index (Phi) is 28.6. The highest BCUT2D eigenvalue weighted by atomic mass is 16.6. The van der Waals surface area contributed by atoms with Crippen molar-refractivity contribution < 1.29 is 34.4 Å². The number of ether oxygens (including phenoxy) is 2. The minimum absolute atomic E-state index is 0.0677. The van der Waals surface area contributed by atoms with Crippen LogP contribution in [0.1, 0.15) is 129 Å². The van der Waals surface area contributed by atoms with E-state index in [4.69, 9.17) is 9.47 Å². The summed E-state index contributed by atoms with van der Waals surface area (Å²) in [5.74, 6) is -0.887. The zero-order valence-electron chi connectivity index (χ0n) is 26.5. The molecule has 0 radical (unpaired) electrons. The van der Waals surface area contributed by atoms with E-state index >= 15 is 0 Å². The Morgan fingerprint density at radius 2 is 1.17 bits per heavy atom. The Labute approximate surface area is 255 Å². The average molecular weight is 593 g/mol. The second kappa shape index (κ2) is 30.2. The van der Waals surface area contributed by atoms with E-state index in [0.717, 1.165) is 44.9 Å². The predicted octanol–water partition coefficient (Wildman–Crippen LogP) is 7.44. The number of allylic oxidation sites excluding steroid dienone is 7. The standard InChI is InChI=1S/C35H60O7/c1-3-5-7-9-11-13-14-15-17-18-20-22-25-32(37)33(38)26-24-28-34(39)41-30-31(29-36)42-35(40)27-23-21-19-16-12-10-8-6-4-2/h5,7,11,13,15,17,20,22,31-33,36-38H,3-4,6,8-10,12,14,16,18-19,21,23-30H2,1-2H3/b7-5-,13-11-,17-15-,22-20-/t31-,32-,33-/m0/s1. The van der Waals surface area contributed by atoms with Crippen molar-refractivity contribution >= 4 is 11.9 Å². The molecule has 0 aliphatic carbocycles. The van der Waals surface area contributed by atoms with Crippen molar-refractivity contribution in [3.8, 4) is 0 Å². The summed E-state index contributed by atoms with van der Waals surface area (Å²) in [5, 5.41) is 29.8. The number of unbranched alkanes of at least 4 members (excludes halogenated alkanes) is 8. The summed E-state index contributed by atoms with van der Waals surface area (Å²) in [6, 6.07) is 0. The van der Waals surface area contributed by atoms with Crippen LogP contribution in [0.25, 0.3) is 0 Å². The number of carbonyl (C=O) groups is 2. The number of hydrogen-bond acceptors (Lipinski definition) is 7. The molecule has 0 aliphatic heterocycles. The molecule has 0 heterocycles. The minimum Gasteiger partial charge on any atom is -0.462 e. The highest BCUT2D eigenvalue weighted by Crippen LogP contribution is 2.12. The third-order valence-electron chi connectivity index (χ3n) is 6.84. The number of aliphatic hydroxyl groups is 3. The molecule has 42 heavy (non-hydrogen) atoms. The van der Waals surface area contributed by atoms with Gasteiger partial charge < -0.3 is 24.8 Å². The maximum atomic E-state index is 12.0. The van der Waals surface area contributed by atoms with E-state index in [9.17, 15) is 24.9 Å². The van der Waals surface area contributed by atoms with Gasteiger partial charge in [-0.15, -0.1) is 0 Å². The van der Waals surface area contributed by atoms with E-state index in [0.29, 0.717) is 19.3 Å². The molecule has 0 spiro atoms. The molecule has 0 amide bonds. The molecule has 7 heteroatoms. The lowest BCUT2D eigenvalue weighted by Crippen LogP contribution is -2.28. The van der Waals surface area contributed by atoms with Gasteiger partial charge in [0.05, 0.1) is 18.8 Å². The van der Waals surface area contributed by atoms with Crippen LogP contribution in [0.2, 0.25) is 0 Å². The van der Waals surface area contributed by atoms with E-state index in [1.165, 1.54) is 38.5 Å². The topological polar surface area (TPSA) is 113 Å². The van der Waals surface area contributed by atoms with Crippen LogP contribution in [-0.2, 0) is 19.1 Å². The van der Waals surface area contributed by atoms with Crippen LogP contribution in [0, 0.1) is 0 Å². The Morgan fingerprint density at radius 1 is 0.643 bits per heavy atom. The third-order valence-corrected chi connectivity index (χ3v) is 6.84. The number of aliphatic hydroxyl groups excluding tert-OH is 3. The van der Waals surface area contributed by atoms with E-state index in [2.05, 4.69) is 50.3 Å². The van der Waals surface area contributed by atoms with Gasteiger partial charge in [-0.1, -0.05) is 114 Å². The summed E-state index contributed by atoms with van der Waals surface area (Å²) in [6.45, 7) is 3.71. The lowest BCUT2D eigenvalue weighted by molar-refractivity contribution is -0.161. The van der Waals surface area contributed by atoms with Crippen LogP contribution >= 0.6 is 0 Å². The maximum Gasteiger partial charge on any atom is 0.306 e. The number of esters is 2. The van der Waals surface area contributed by atoms with Crippen molar-refractivity contribution in [2.45, 2.75) is 148 Å². The Hall–Kier alpha value is -2.22. The third kappa shape index (κ3) is 26.7. The summed E-state index contributed by atoms with van der Waals surface area (Å²) < 4.78 is 10.4. The van der Waals surface area contributed by atoms with Gasteiger partial charge in [0.1, 0.15) is 6.61 Å². The van der Waals surface area contributed by atoms with Crippen LogP contribution in [0.3, 0.4) is 0 Å². The molecule has 0 unspecified atom stereocenters.